The van der Waals surface area contributed by atoms with Gasteiger partial charge in [0.2, 0.25) is 0 Å². The molecule has 0 saturated carbocycles. The Balaban J connectivity index is 2.46. The third-order valence-electron chi connectivity index (χ3n) is 2.67. The molecule has 0 radical (unpaired) electrons. The average molecular weight is 241 g/mol. The maximum Gasteiger partial charge on any atom is 0.126 e. The summed E-state index contributed by atoms with van der Waals surface area (Å²) < 4.78 is 13.5. The highest BCUT2D eigenvalue weighted by Gasteiger charge is 2.14. The number of benzene rings is 1. The summed E-state index contributed by atoms with van der Waals surface area (Å²) in [6.07, 6.45) is 2.10. The molecule has 1 rings (SSSR count). The van der Waals surface area contributed by atoms with E-state index in [1.165, 1.54) is 0 Å². The van der Waals surface area contributed by atoms with Crippen LogP contribution in [0.5, 0.6) is 0 Å². The Kier molecular flexibility index (Phi) is 4.81. The summed E-state index contributed by atoms with van der Waals surface area (Å²) in [6.45, 7) is 7.81. The molecular weight excluding hydrogens is 221 g/mol. The van der Waals surface area contributed by atoms with Crippen molar-refractivity contribution in [2.75, 3.05) is 12.8 Å². The first-order valence-corrected chi connectivity index (χ1v) is 6.68. The summed E-state index contributed by atoms with van der Waals surface area (Å²) in [6, 6.07) is 5.40. The zero-order valence-electron chi connectivity index (χ0n) is 10.4. The van der Waals surface area contributed by atoms with Gasteiger partial charge in [0.25, 0.3) is 0 Å². The van der Waals surface area contributed by atoms with E-state index in [0.29, 0.717) is 5.56 Å². The molecule has 1 aromatic carbocycles. The Labute approximate surface area is 102 Å². The van der Waals surface area contributed by atoms with Gasteiger partial charge >= 0.3 is 0 Å². The van der Waals surface area contributed by atoms with Gasteiger partial charge in [-0.3, -0.25) is 0 Å². The van der Waals surface area contributed by atoms with Crippen LogP contribution in [-0.4, -0.2) is 17.5 Å². The van der Waals surface area contributed by atoms with Gasteiger partial charge in [0.05, 0.1) is 0 Å². The minimum Gasteiger partial charge on any atom is -0.311 e. The van der Waals surface area contributed by atoms with E-state index in [1.54, 1.807) is 13.0 Å². The number of aryl methyl sites for hydroxylation is 1. The lowest BCUT2D eigenvalue weighted by Gasteiger charge is -2.22. The van der Waals surface area contributed by atoms with Crippen molar-refractivity contribution in [3.05, 3.63) is 35.1 Å². The molecular formula is C13H20FNS. The van der Waals surface area contributed by atoms with Gasteiger partial charge in [-0.05, 0) is 44.2 Å². The zero-order chi connectivity index (χ0) is 12.2. The Morgan fingerprint density at radius 2 is 2.06 bits per heavy atom. The first-order valence-electron chi connectivity index (χ1n) is 5.45. The Hall–Kier alpha value is -0.540. The average Bonchev–Trinajstić information content (AvgIpc) is 2.23. The molecule has 0 aliphatic carbocycles. The highest BCUT2D eigenvalue weighted by Crippen LogP contribution is 2.19. The van der Waals surface area contributed by atoms with E-state index in [1.807, 2.05) is 23.9 Å². The van der Waals surface area contributed by atoms with Crippen LogP contribution >= 0.6 is 11.8 Å². The molecule has 0 aliphatic rings. The third-order valence-corrected chi connectivity index (χ3v) is 3.92. The topological polar surface area (TPSA) is 12.0 Å². The number of hydrogen-bond acceptors (Lipinski definition) is 2. The largest absolute Gasteiger partial charge is 0.311 e. The number of nitrogens with one attached hydrogen (secondary N) is 1. The van der Waals surface area contributed by atoms with Crippen molar-refractivity contribution in [3.63, 3.8) is 0 Å². The maximum atomic E-state index is 13.3. The second-order valence-corrected chi connectivity index (χ2v) is 6.16. The van der Waals surface area contributed by atoms with Crippen LogP contribution in [0.25, 0.3) is 0 Å². The first-order chi connectivity index (χ1) is 7.44. The van der Waals surface area contributed by atoms with E-state index in [-0.39, 0.29) is 10.6 Å². The summed E-state index contributed by atoms with van der Waals surface area (Å²) >= 11 is 1.83. The number of hydrogen-bond donors (Lipinski definition) is 1. The highest BCUT2D eigenvalue weighted by atomic mass is 32.2. The van der Waals surface area contributed by atoms with E-state index in [4.69, 9.17) is 0 Å². The van der Waals surface area contributed by atoms with E-state index in [0.717, 1.165) is 18.7 Å². The molecule has 0 spiro atoms. The second kappa shape index (κ2) is 5.69. The molecule has 0 fully saturated rings. The summed E-state index contributed by atoms with van der Waals surface area (Å²) in [4.78, 5) is 0. The lowest BCUT2D eigenvalue weighted by atomic mass is 10.1. The zero-order valence-corrected chi connectivity index (χ0v) is 11.2. The van der Waals surface area contributed by atoms with Gasteiger partial charge in [0, 0.05) is 17.8 Å². The van der Waals surface area contributed by atoms with Crippen LogP contribution in [0.1, 0.15) is 25.0 Å². The fourth-order valence-corrected chi connectivity index (χ4v) is 1.57. The summed E-state index contributed by atoms with van der Waals surface area (Å²) in [5.41, 5.74) is 1.70. The highest BCUT2D eigenvalue weighted by molar-refractivity contribution is 7.99. The van der Waals surface area contributed by atoms with Crippen molar-refractivity contribution in [1.82, 2.24) is 5.32 Å². The molecule has 90 valence electrons. The molecule has 3 heteroatoms. The summed E-state index contributed by atoms with van der Waals surface area (Å²) in [5, 5.41) is 3.35. The molecule has 0 aromatic heterocycles. The van der Waals surface area contributed by atoms with Crippen LogP contribution in [-0.2, 0) is 6.54 Å². The molecule has 0 saturated heterocycles. The molecule has 0 heterocycles. The van der Waals surface area contributed by atoms with Crippen LogP contribution in [0.15, 0.2) is 18.2 Å². The van der Waals surface area contributed by atoms with Crippen LogP contribution in [0.3, 0.4) is 0 Å². The summed E-state index contributed by atoms with van der Waals surface area (Å²) in [5.74, 6) is -0.122. The number of halogens is 1. The third kappa shape index (κ3) is 4.14. The van der Waals surface area contributed by atoms with Crippen molar-refractivity contribution < 1.29 is 4.39 Å². The summed E-state index contributed by atoms with van der Waals surface area (Å²) in [7, 11) is 0. The van der Waals surface area contributed by atoms with Gasteiger partial charge in [-0.25, -0.2) is 4.39 Å². The van der Waals surface area contributed by atoms with Crippen molar-refractivity contribution in [3.8, 4) is 0 Å². The van der Waals surface area contributed by atoms with E-state index < -0.39 is 0 Å². The van der Waals surface area contributed by atoms with Crippen LogP contribution < -0.4 is 5.32 Å². The standard InChI is InChI=1S/C13H20FNS/c1-10-5-6-11(7-12(10)14)8-15-9-13(2,3)16-4/h5-7,15H,8-9H2,1-4H3. The fraction of sp³-hybridized carbons (Fsp3) is 0.538. The first kappa shape index (κ1) is 13.5. The second-order valence-electron chi connectivity index (χ2n) is 4.65. The Bertz CT molecular complexity index is 350. The Morgan fingerprint density at radius 1 is 1.38 bits per heavy atom. The fourth-order valence-electron chi connectivity index (χ4n) is 1.33. The number of rotatable bonds is 5. The molecule has 0 atom stereocenters. The molecule has 0 bridgehead atoms. The van der Waals surface area contributed by atoms with Crippen LogP contribution in [0.4, 0.5) is 4.39 Å². The smallest absolute Gasteiger partial charge is 0.126 e. The molecule has 0 aliphatic heterocycles. The van der Waals surface area contributed by atoms with Gasteiger partial charge < -0.3 is 5.32 Å². The van der Waals surface area contributed by atoms with Gasteiger partial charge in [-0.2, -0.15) is 11.8 Å². The minimum absolute atomic E-state index is 0.122. The molecule has 1 N–H and O–H groups in total. The lowest BCUT2D eigenvalue weighted by Crippen LogP contribution is -2.31. The lowest BCUT2D eigenvalue weighted by molar-refractivity contribution is 0.583. The van der Waals surface area contributed by atoms with Crippen molar-refractivity contribution >= 4 is 11.8 Å². The van der Waals surface area contributed by atoms with E-state index in [9.17, 15) is 4.39 Å². The minimum atomic E-state index is -0.122. The SMILES string of the molecule is CSC(C)(C)CNCc1ccc(C)c(F)c1. The van der Waals surface area contributed by atoms with E-state index >= 15 is 0 Å². The van der Waals surface area contributed by atoms with Gasteiger partial charge in [0.15, 0.2) is 0 Å². The van der Waals surface area contributed by atoms with Crippen molar-refractivity contribution in [2.45, 2.75) is 32.1 Å². The monoisotopic (exact) mass is 241 g/mol. The van der Waals surface area contributed by atoms with Gasteiger partial charge in [-0.1, -0.05) is 12.1 Å². The molecule has 16 heavy (non-hydrogen) atoms. The van der Waals surface area contributed by atoms with Crippen molar-refractivity contribution in [2.24, 2.45) is 0 Å². The predicted molar refractivity (Wildman–Crippen MR) is 70.4 cm³/mol. The van der Waals surface area contributed by atoms with Crippen LogP contribution in [0.2, 0.25) is 0 Å². The molecule has 0 unspecified atom stereocenters. The Morgan fingerprint density at radius 3 is 2.62 bits per heavy atom. The maximum absolute atomic E-state index is 13.3. The van der Waals surface area contributed by atoms with Gasteiger partial charge in [0.1, 0.15) is 5.82 Å². The number of thioether (sulfide) groups is 1. The van der Waals surface area contributed by atoms with Crippen LogP contribution in [0, 0.1) is 12.7 Å². The normalized spacial score (nSPS) is 11.8. The quantitative estimate of drug-likeness (QED) is 0.848. The van der Waals surface area contributed by atoms with E-state index in [2.05, 4.69) is 25.4 Å². The van der Waals surface area contributed by atoms with Gasteiger partial charge in [-0.15, -0.1) is 0 Å². The van der Waals surface area contributed by atoms with Crippen molar-refractivity contribution in [1.29, 1.82) is 0 Å². The molecule has 1 aromatic rings. The molecule has 1 nitrogen and oxygen atoms in total. The molecule has 0 amide bonds. The predicted octanol–water partition coefficient (Wildman–Crippen LogP) is 3.37.